The number of hydrogen-bond acceptors (Lipinski definition) is 3. The molecule has 0 radical (unpaired) electrons. The third-order valence-corrected chi connectivity index (χ3v) is 6.14. The summed E-state index contributed by atoms with van der Waals surface area (Å²) in [5.41, 5.74) is 6.88. The number of benzene rings is 2. The zero-order valence-electron chi connectivity index (χ0n) is 20.5. The number of aromatic nitrogens is 2. The molecule has 0 unspecified atom stereocenters. The van der Waals surface area contributed by atoms with Crippen LogP contribution in [0.25, 0.3) is 22.5 Å². The number of para-hydroxylation sites is 1. The lowest BCUT2D eigenvalue weighted by atomic mass is 9.92. The lowest BCUT2D eigenvalue weighted by Gasteiger charge is -2.16. The Morgan fingerprint density at radius 3 is 1.85 bits per heavy atom. The van der Waals surface area contributed by atoms with Crippen LogP contribution in [0.1, 0.15) is 50.7 Å². The summed E-state index contributed by atoms with van der Waals surface area (Å²) < 4.78 is 21.4. The van der Waals surface area contributed by atoms with Gasteiger partial charge in [0.25, 0.3) is 6.33 Å². The van der Waals surface area contributed by atoms with Gasteiger partial charge < -0.3 is 14.2 Å². The molecule has 2 aromatic heterocycles. The first-order chi connectivity index (χ1) is 15.9. The number of imidazole rings is 1. The van der Waals surface area contributed by atoms with E-state index in [1.807, 2.05) is 12.1 Å². The fourth-order valence-corrected chi connectivity index (χ4v) is 4.47. The lowest BCUT2D eigenvalue weighted by molar-refractivity contribution is -0.595. The van der Waals surface area contributed by atoms with Crippen molar-refractivity contribution >= 4 is 5.52 Å². The monoisotopic (exact) mass is 445 g/mol. The average Bonchev–Trinajstić information content (AvgIpc) is 3.26. The van der Waals surface area contributed by atoms with Crippen LogP contribution in [0.2, 0.25) is 0 Å². The number of nitrogens with zero attached hydrogens (tertiary/aromatic N) is 2. The topological polar surface area (TPSA) is 36.0 Å². The van der Waals surface area contributed by atoms with E-state index in [0.717, 1.165) is 16.8 Å². The molecule has 4 aromatic rings. The van der Waals surface area contributed by atoms with Crippen LogP contribution in [-0.2, 0) is 0 Å². The van der Waals surface area contributed by atoms with E-state index >= 15 is 0 Å². The van der Waals surface area contributed by atoms with Crippen molar-refractivity contribution in [2.45, 2.75) is 39.5 Å². The molecule has 0 bridgehead atoms. The molecule has 0 N–H and O–H groups in total. The normalized spacial score (nSPS) is 11.4. The lowest BCUT2D eigenvalue weighted by Crippen LogP contribution is -2.31. The van der Waals surface area contributed by atoms with E-state index in [1.165, 1.54) is 16.8 Å². The molecule has 5 heteroatoms. The zero-order chi connectivity index (χ0) is 23.7. The number of hydrogen-bond donors (Lipinski definition) is 0. The van der Waals surface area contributed by atoms with Crippen molar-refractivity contribution in [1.82, 2.24) is 4.40 Å². The van der Waals surface area contributed by atoms with Crippen molar-refractivity contribution in [3.63, 3.8) is 0 Å². The highest BCUT2D eigenvalue weighted by Gasteiger charge is 2.24. The summed E-state index contributed by atoms with van der Waals surface area (Å²) in [6, 6.07) is 16.7. The van der Waals surface area contributed by atoms with Crippen LogP contribution in [0.3, 0.4) is 0 Å². The van der Waals surface area contributed by atoms with E-state index < -0.39 is 0 Å². The summed E-state index contributed by atoms with van der Waals surface area (Å²) in [5.74, 6) is 2.91. The molecule has 4 rings (SSSR count). The highest BCUT2D eigenvalue weighted by molar-refractivity contribution is 5.77. The van der Waals surface area contributed by atoms with E-state index in [-0.39, 0.29) is 0 Å². The quantitative estimate of drug-likeness (QED) is 0.320. The second-order valence-electron chi connectivity index (χ2n) is 8.86. The smallest absolute Gasteiger partial charge is 0.254 e. The van der Waals surface area contributed by atoms with Gasteiger partial charge in [0.15, 0.2) is 5.52 Å². The number of methoxy groups -OCH3 is 3. The van der Waals surface area contributed by atoms with E-state index in [4.69, 9.17) is 14.2 Å². The molecule has 0 amide bonds. The van der Waals surface area contributed by atoms with Gasteiger partial charge in [0.1, 0.15) is 40.4 Å². The Labute approximate surface area is 196 Å². The van der Waals surface area contributed by atoms with Crippen LogP contribution < -0.4 is 18.8 Å². The first-order valence-corrected chi connectivity index (χ1v) is 11.4. The van der Waals surface area contributed by atoms with Crippen molar-refractivity contribution in [1.29, 1.82) is 0 Å². The fourth-order valence-electron chi connectivity index (χ4n) is 4.47. The third kappa shape index (κ3) is 4.04. The Morgan fingerprint density at radius 2 is 1.33 bits per heavy atom. The van der Waals surface area contributed by atoms with Gasteiger partial charge >= 0.3 is 0 Å². The van der Waals surface area contributed by atoms with Gasteiger partial charge in [-0.05, 0) is 24.0 Å². The first-order valence-electron chi connectivity index (χ1n) is 11.4. The highest BCUT2D eigenvalue weighted by Crippen LogP contribution is 2.42. The summed E-state index contributed by atoms with van der Waals surface area (Å²) in [6.07, 6.45) is 4.35. The molecular weight excluding hydrogens is 412 g/mol. The Bertz CT molecular complexity index is 1240. The predicted molar refractivity (Wildman–Crippen MR) is 132 cm³/mol. The Morgan fingerprint density at radius 1 is 0.758 bits per heavy atom. The number of pyridine rings is 1. The van der Waals surface area contributed by atoms with Crippen LogP contribution in [0.15, 0.2) is 61.1 Å². The molecule has 5 nitrogen and oxygen atoms in total. The number of rotatable bonds is 7. The SMILES string of the molecule is COc1cc(OC)c(-c2cccc3c[n+](-c4c(C(C)C)cccc4C(C)C)cn23)c(OC)c1. The molecule has 172 valence electrons. The molecule has 0 saturated carbocycles. The van der Waals surface area contributed by atoms with Crippen LogP contribution >= 0.6 is 0 Å². The largest absolute Gasteiger partial charge is 0.496 e. The van der Waals surface area contributed by atoms with Gasteiger partial charge in [-0.15, -0.1) is 0 Å². The minimum Gasteiger partial charge on any atom is -0.496 e. The maximum Gasteiger partial charge on any atom is 0.254 e. The second kappa shape index (κ2) is 9.18. The molecule has 0 saturated heterocycles. The Balaban J connectivity index is 2.00. The first kappa shape index (κ1) is 22.7. The summed E-state index contributed by atoms with van der Waals surface area (Å²) in [5, 5.41) is 0. The Hall–Kier alpha value is -3.47. The van der Waals surface area contributed by atoms with E-state index in [2.05, 4.69) is 85.6 Å². The summed E-state index contributed by atoms with van der Waals surface area (Å²) in [7, 11) is 4.98. The van der Waals surface area contributed by atoms with Gasteiger partial charge in [-0.25, -0.2) is 4.57 Å². The molecule has 0 aliphatic rings. The minimum atomic E-state index is 0.412. The van der Waals surface area contributed by atoms with Gasteiger partial charge in [0.05, 0.1) is 21.3 Å². The van der Waals surface area contributed by atoms with Gasteiger partial charge in [-0.1, -0.05) is 52.0 Å². The maximum atomic E-state index is 5.75. The molecular formula is C28H33N2O3+. The second-order valence-corrected chi connectivity index (χ2v) is 8.86. The molecule has 0 fully saturated rings. The summed E-state index contributed by atoms with van der Waals surface area (Å²) >= 11 is 0. The molecule has 0 atom stereocenters. The Kier molecular flexibility index (Phi) is 6.32. The zero-order valence-corrected chi connectivity index (χ0v) is 20.5. The predicted octanol–water partition coefficient (Wildman–Crippen LogP) is 6.16. The van der Waals surface area contributed by atoms with E-state index in [1.54, 1.807) is 21.3 Å². The van der Waals surface area contributed by atoms with Gasteiger partial charge in [0.2, 0.25) is 0 Å². The molecule has 2 aromatic carbocycles. The van der Waals surface area contributed by atoms with Gasteiger partial charge in [-0.3, -0.25) is 0 Å². The molecule has 0 aliphatic heterocycles. The van der Waals surface area contributed by atoms with Crippen LogP contribution in [0.5, 0.6) is 17.2 Å². The van der Waals surface area contributed by atoms with Gasteiger partial charge in [-0.2, -0.15) is 4.40 Å². The van der Waals surface area contributed by atoms with Crippen LogP contribution in [0, 0.1) is 0 Å². The number of fused-ring (bicyclic) bond motifs is 1. The highest BCUT2D eigenvalue weighted by atomic mass is 16.5. The van der Waals surface area contributed by atoms with Crippen molar-refractivity contribution in [2.75, 3.05) is 21.3 Å². The molecule has 33 heavy (non-hydrogen) atoms. The van der Waals surface area contributed by atoms with Crippen molar-refractivity contribution < 1.29 is 18.8 Å². The maximum absolute atomic E-state index is 5.75. The van der Waals surface area contributed by atoms with Crippen LogP contribution in [0.4, 0.5) is 0 Å². The van der Waals surface area contributed by atoms with Crippen molar-refractivity contribution in [2.24, 2.45) is 0 Å². The molecule has 0 spiro atoms. The summed E-state index contributed by atoms with van der Waals surface area (Å²) in [6.45, 7) is 8.99. The number of ether oxygens (including phenoxy) is 3. The molecule has 2 heterocycles. The van der Waals surface area contributed by atoms with E-state index in [9.17, 15) is 0 Å². The van der Waals surface area contributed by atoms with Gasteiger partial charge in [0, 0.05) is 23.3 Å². The summed E-state index contributed by atoms with van der Waals surface area (Å²) in [4.78, 5) is 0. The average molecular weight is 446 g/mol. The minimum absolute atomic E-state index is 0.412. The third-order valence-electron chi connectivity index (χ3n) is 6.14. The molecule has 0 aliphatic carbocycles. The fraction of sp³-hybridized carbons (Fsp3) is 0.321. The van der Waals surface area contributed by atoms with Crippen molar-refractivity contribution in [3.8, 4) is 34.2 Å². The standard InChI is InChI=1S/C28H33N2O3/c1-18(2)22-11-9-12-23(19(3)4)28(22)29-16-20-10-8-13-24(30(20)17-29)27-25(32-6)14-21(31-5)15-26(27)33-7/h8-19H,1-7H3/q+1. The van der Waals surface area contributed by atoms with Crippen molar-refractivity contribution in [3.05, 3.63) is 72.2 Å². The van der Waals surface area contributed by atoms with Crippen LogP contribution in [-0.4, -0.2) is 25.7 Å². The van der Waals surface area contributed by atoms with E-state index in [0.29, 0.717) is 29.1 Å².